The number of carbonyl (C=O) groups is 3. The molecule has 0 spiro atoms. The van der Waals surface area contributed by atoms with Crippen molar-refractivity contribution in [3.8, 4) is 6.07 Å². The molecule has 14 nitrogen and oxygen atoms in total. The monoisotopic (exact) mass is 656 g/mol. The van der Waals surface area contributed by atoms with Gasteiger partial charge < -0.3 is 35.1 Å². The first-order chi connectivity index (χ1) is 22.1. The van der Waals surface area contributed by atoms with Gasteiger partial charge in [-0.1, -0.05) is 46.5 Å². The number of nitrogens with one attached hydrogen (secondary N) is 1. The molecule has 0 radical (unpaired) electrons. The first kappa shape index (κ1) is 36.2. The minimum atomic E-state index is -2.12. The highest BCUT2D eigenvalue weighted by Gasteiger charge is 2.60. The lowest BCUT2D eigenvalue weighted by atomic mass is 9.87. The number of aromatic nitrogens is 3. The topological polar surface area (TPSA) is 200 Å². The lowest BCUT2D eigenvalue weighted by Gasteiger charge is -2.29. The Morgan fingerprint density at radius 2 is 1.87 bits per heavy atom. The van der Waals surface area contributed by atoms with Gasteiger partial charge in [0.25, 0.3) is 5.91 Å². The molecule has 4 N–H and O–H groups in total. The van der Waals surface area contributed by atoms with E-state index in [1.165, 1.54) is 16.9 Å². The predicted molar refractivity (Wildman–Crippen MR) is 170 cm³/mol. The third-order valence-corrected chi connectivity index (χ3v) is 8.99. The Morgan fingerprint density at radius 3 is 2.49 bits per heavy atom. The number of amides is 1. The normalized spacial score (nSPS) is 24.7. The number of aliphatic hydroxyl groups is 1. The Labute approximate surface area is 275 Å². The number of nitrogens with two attached hydrogens (primary N) is 1. The van der Waals surface area contributed by atoms with Crippen molar-refractivity contribution < 1.29 is 38.4 Å². The number of nitrogens with zero attached hydrogens (tertiary/aromatic N) is 4. The van der Waals surface area contributed by atoms with Crippen molar-refractivity contribution in [2.24, 2.45) is 17.1 Å². The summed E-state index contributed by atoms with van der Waals surface area (Å²) in [4.78, 5) is 43.2. The Bertz CT molecular complexity index is 1470. The summed E-state index contributed by atoms with van der Waals surface area (Å²) < 4.78 is 24.4. The van der Waals surface area contributed by atoms with Crippen molar-refractivity contribution in [2.75, 3.05) is 18.5 Å². The molecule has 1 aliphatic carbocycles. The van der Waals surface area contributed by atoms with E-state index in [1.807, 2.05) is 0 Å². The number of hydrogen-bond acceptors (Lipinski definition) is 12. The average Bonchev–Trinajstić information content (AvgIpc) is 3.44. The molecule has 2 aliphatic rings. The van der Waals surface area contributed by atoms with Gasteiger partial charge in [-0.05, 0) is 57.1 Å². The van der Waals surface area contributed by atoms with E-state index >= 15 is 0 Å². The van der Waals surface area contributed by atoms with Crippen LogP contribution in [0.4, 0.5) is 5.82 Å². The minimum Gasteiger partial charge on any atom is -0.463 e. The molecule has 1 saturated carbocycles. The second-order valence-electron chi connectivity index (χ2n) is 14.0. The number of aliphatic hydroxyl groups excluding tert-OH is 1. The second kappa shape index (κ2) is 14.6. The lowest BCUT2D eigenvalue weighted by Crippen LogP contribution is -2.49. The molecular formula is C33H48N6O8. The largest absolute Gasteiger partial charge is 0.463 e. The number of ether oxygens (including phenoxy) is 4. The zero-order valence-electron chi connectivity index (χ0n) is 28.2. The van der Waals surface area contributed by atoms with Crippen molar-refractivity contribution in [2.45, 2.75) is 122 Å². The number of nitriles is 1. The molecule has 47 heavy (non-hydrogen) atoms. The molecular weight excluding hydrogens is 608 g/mol. The molecule has 2 fully saturated rings. The van der Waals surface area contributed by atoms with E-state index < -0.39 is 58.8 Å². The maximum Gasteiger partial charge on any atom is 0.323 e. The third kappa shape index (κ3) is 7.92. The Morgan fingerprint density at radius 1 is 1.19 bits per heavy atom. The van der Waals surface area contributed by atoms with Crippen LogP contribution in [0.3, 0.4) is 0 Å². The Kier molecular flexibility index (Phi) is 11.3. The lowest BCUT2D eigenvalue weighted by molar-refractivity contribution is -0.163. The van der Waals surface area contributed by atoms with Crippen LogP contribution >= 0.6 is 0 Å². The van der Waals surface area contributed by atoms with Gasteiger partial charge in [0.1, 0.15) is 48.4 Å². The standard InChI is InChI=1S/C33H48N6O8/c1-7-45-32(5,6)30(43)38-28-21-14-15-23(39(21)37-19-36-28)33(18-34)27(41)25(46-29(42)26(35)31(2,3)4)22(47-33)17-44-24(40)16-20-12-10-8-9-11-13-20/h14-15,19-20,22,25-27,41H,7-13,16-17,35H2,1-6H3,(H,36,37,38,43)/t22-,25-,26-,27-,33+/m1/s1. The quantitative estimate of drug-likeness (QED) is 0.236. The smallest absolute Gasteiger partial charge is 0.323 e. The van der Waals surface area contributed by atoms with Crippen LogP contribution in [0.25, 0.3) is 5.52 Å². The molecule has 0 aromatic carbocycles. The van der Waals surface area contributed by atoms with E-state index in [-0.39, 0.29) is 30.5 Å². The molecule has 3 heterocycles. The summed E-state index contributed by atoms with van der Waals surface area (Å²) in [6.45, 7) is 10.3. The fourth-order valence-corrected chi connectivity index (χ4v) is 6.04. The highest BCUT2D eigenvalue weighted by Crippen LogP contribution is 2.42. The number of esters is 2. The summed E-state index contributed by atoms with van der Waals surface area (Å²) in [5.74, 6) is -1.34. The van der Waals surface area contributed by atoms with Crippen molar-refractivity contribution in [3.05, 3.63) is 24.2 Å². The third-order valence-electron chi connectivity index (χ3n) is 8.99. The SMILES string of the molecule is CCOC(C)(C)C(=O)Nc1ncnn2c([C@]3(C#N)O[C@H](COC(=O)CC4CCCCCC4)[C@@H](OC(=O)[C@@H](N)C(C)(C)C)[C@H]3O)ccc12. The van der Waals surface area contributed by atoms with E-state index in [9.17, 15) is 24.8 Å². The molecule has 2 aromatic heterocycles. The van der Waals surface area contributed by atoms with E-state index in [2.05, 4.69) is 21.5 Å². The zero-order chi connectivity index (χ0) is 34.6. The molecule has 14 heteroatoms. The van der Waals surface area contributed by atoms with Crippen molar-refractivity contribution >= 4 is 29.2 Å². The molecule has 5 atom stereocenters. The fourth-order valence-electron chi connectivity index (χ4n) is 6.04. The van der Waals surface area contributed by atoms with Crippen LogP contribution < -0.4 is 11.1 Å². The minimum absolute atomic E-state index is 0.0814. The summed E-state index contributed by atoms with van der Waals surface area (Å²) in [5, 5.41) is 29.3. The molecule has 0 unspecified atom stereocenters. The van der Waals surface area contributed by atoms with Crippen LogP contribution in [0.2, 0.25) is 0 Å². The zero-order valence-corrected chi connectivity index (χ0v) is 28.2. The highest BCUT2D eigenvalue weighted by atomic mass is 16.6. The van der Waals surface area contributed by atoms with Gasteiger partial charge in [-0.15, -0.1) is 0 Å². The van der Waals surface area contributed by atoms with Crippen molar-refractivity contribution in [1.29, 1.82) is 5.26 Å². The van der Waals surface area contributed by atoms with E-state index in [0.717, 1.165) is 38.5 Å². The van der Waals surface area contributed by atoms with E-state index in [4.69, 9.17) is 24.7 Å². The highest BCUT2D eigenvalue weighted by molar-refractivity contribution is 5.98. The number of hydrogen-bond donors (Lipinski definition) is 3. The number of anilines is 1. The molecule has 1 aliphatic heterocycles. The van der Waals surface area contributed by atoms with Gasteiger partial charge >= 0.3 is 11.9 Å². The van der Waals surface area contributed by atoms with Crippen LogP contribution in [0.1, 0.15) is 92.2 Å². The van der Waals surface area contributed by atoms with E-state index in [0.29, 0.717) is 12.1 Å². The van der Waals surface area contributed by atoms with Gasteiger partial charge in [0.2, 0.25) is 5.60 Å². The average molecular weight is 657 g/mol. The van der Waals surface area contributed by atoms with Crippen molar-refractivity contribution in [3.63, 3.8) is 0 Å². The maximum absolute atomic E-state index is 13.2. The van der Waals surface area contributed by atoms with Crippen LogP contribution in [0.5, 0.6) is 0 Å². The fraction of sp³-hybridized carbons (Fsp3) is 0.697. The predicted octanol–water partition coefficient (Wildman–Crippen LogP) is 3.15. The molecule has 2 aromatic rings. The number of carbonyl (C=O) groups excluding carboxylic acids is 3. The first-order valence-electron chi connectivity index (χ1n) is 16.3. The van der Waals surface area contributed by atoms with Gasteiger partial charge in [-0.25, -0.2) is 9.50 Å². The molecule has 258 valence electrons. The second-order valence-corrected chi connectivity index (χ2v) is 14.0. The van der Waals surface area contributed by atoms with Crippen LogP contribution in [-0.4, -0.2) is 80.7 Å². The van der Waals surface area contributed by atoms with Crippen LogP contribution in [-0.2, 0) is 38.9 Å². The number of rotatable bonds is 11. The van der Waals surface area contributed by atoms with Crippen LogP contribution in [0.15, 0.2) is 18.5 Å². The summed E-state index contributed by atoms with van der Waals surface area (Å²) in [6.07, 6.45) is 3.39. The van der Waals surface area contributed by atoms with Gasteiger partial charge in [0, 0.05) is 13.0 Å². The van der Waals surface area contributed by atoms with Gasteiger partial charge in [0.15, 0.2) is 11.9 Å². The van der Waals surface area contributed by atoms with Crippen LogP contribution in [0, 0.1) is 22.7 Å². The summed E-state index contributed by atoms with van der Waals surface area (Å²) in [6, 6.07) is 4.06. The summed E-state index contributed by atoms with van der Waals surface area (Å²) in [7, 11) is 0. The van der Waals surface area contributed by atoms with Gasteiger partial charge in [0.05, 0.1) is 5.69 Å². The molecule has 0 bridgehead atoms. The molecule has 1 saturated heterocycles. The molecule has 4 rings (SSSR count). The first-order valence-corrected chi connectivity index (χ1v) is 16.3. The summed E-state index contributed by atoms with van der Waals surface area (Å²) >= 11 is 0. The van der Waals surface area contributed by atoms with Crippen molar-refractivity contribution in [1.82, 2.24) is 14.6 Å². The van der Waals surface area contributed by atoms with Gasteiger partial charge in [-0.2, -0.15) is 10.4 Å². The molecule has 1 amide bonds. The Hall–Kier alpha value is -3.64. The Balaban J connectivity index is 1.64. The summed E-state index contributed by atoms with van der Waals surface area (Å²) in [5.41, 5.74) is 2.60. The number of fused-ring (bicyclic) bond motifs is 1. The van der Waals surface area contributed by atoms with Gasteiger partial charge in [-0.3, -0.25) is 14.4 Å². The van der Waals surface area contributed by atoms with E-state index in [1.54, 1.807) is 47.6 Å². The maximum atomic E-state index is 13.2.